The van der Waals surface area contributed by atoms with Crippen molar-refractivity contribution in [2.24, 2.45) is 5.73 Å². The average molecular weight is 253 g/mol. The number of carbonyl (C=O) groups excluding carboxylic acids is 1. The fraction of sp³-hybridized carbons (Fsp3) is 0.667. The summed E-state index contributed by atoms with van der Waals surface area (Å²) in [6.45, 7) is 4.40. The van der Waals surface area contributed by atoms with Crippen LogP contribution in [-0.2, 0) is 11.2 Å². The van der Waals surface area contributed by atoms with Crippen molar-refractivity contribution in [2.75, 3.05) is 19.6 Å². The second-order valence-corrected chi connectivity index (χ2v) is 5.75. The number of piperidine rings is 1. The molecule has 2 heterocycles. The van der Waals surface area contributed by atoms with Crippen LogP contribution in [0.1, 0.15) is 23.5 Å². The second kappa shape index (κ2) is 5.71. The first-order chi connectivity index (χ1) is 8.13. The van der Waals surface area contributed by atoms with E-state index >= 15 is 0 Å². The molecule has 4 nitrogen and oxygen atoms in total. The Kier molecular flexibility index (Phi) is 4.25. The summed E-state index contributed by atoms with van der Waals surface area (Å²) in [5.74, 6) is 0.255. The van der Waals surface area contributed by atoms with E-state index in [1.165, 1.54) is 0 Å². The molecule has 0 spiro atoms. The molecule has 0 amide bonds. The van der Waals surface area contributed by atoms with Crippen molar-refractivity contribution in [3.63, 3.8) is 0 Å². The third-order valence-corrected chi connectivity index (χ3v) is 3.90. The minimum absolute atomic E-state index is 0.255. The number of rotatable bonds is 4. The Bertz CT molecular complexity index is 383. The Labute approximate surface area is 106 Å². The number of ketones is 1. The normalized spacial score (nSPS) is 18.5. The van der Waals surface area contributed by atoms with Crippen molar-refractivity contribution >= 4 is 17.1 Å². The van der Waals surface area contributed by atoms with Crippen molar-refractivity contribution in [2.45, 2.75) is 32.2 Å². The van der Waals surface area contributed by atoms with E-state index in [1.807, 2.05) is 12.3 Å². The molecule has 0 aliphatic carbocycles. The Hall–Kier alpha value is -0.780. The van der Waals surface area contributed by atoms with E-state index in [9.17, 15) is 4.79 Å². The van der Waals surface area contributed by atoms with Crippen LogP contribution in [0.4, 0.5) is 0 Å². The Morgan fingerprint density at radius 3 is 2.88 bits per heavy atom. The summed E-state index contributed by atoms with van der Waals surface area (Å²) >= 11 is 1.60. The molecular formula is C12H19N3OS. The van der Waals surface area contributed by atoms with Crippen molar-refractivity contribution in [3.05, 3.63) is 16.1 Å². The van der Waals surface area contributed by atoms with Gasteiger partial charge in [0.15, 0.2) is 5.78 Å². The zero-order valence-corrected chi connectivity index (χ0v) is 11.0. The van der Waals surface area contributed by atoms with Crippen LogP contribution in [0, 0.1) is 6.92 Å². The largest absolute Gasteiger partial charge is 0.328 e. The molecule has 17 heavy (non-hydrogen) atoms. The third-order valence-electron chi connectivity index (χ3n) is 3.08. The number of nitrogens with two attached hydrogens (primary N) is 1. The molecule has 1 aliphatic rings. The molecule has 1 aliphatic heterocycles. The van der Waals surface area contributed by atoms with Crippen LogP contribution in [0.15, 0.2) is 5.38 Å². The lowest BCUT2D eigenvalue weighted by Crippen LogP contribution is -2.42. The first-order valence-corrected chi connectivity index (χ1v) is 6.92. The van der Waals surface area contributed by atoms with E-state index in [0.29, 0.717) is 19.0 Å². The van der Waals surface area contributed by atoms with E-state index in [4.69, 9.17) is 5.73 Å². The number of likely N-dealkylation sites (tertiary alicyclic amines) is 1. The SMILES string of the molecule is Cc1nc(CC(=O)CN2CCC(N)CC2)cs1. The summed E-state index contributed by atoms with van der Waals surface area (Å²) in [4.78, 5) is 18.4. The number of hydrogen-bond acceptors (Lipinski definition) is 5. The fourth-order valence-electron chi connectivity index (χ4n) is 2.11. The number of hydrogen-bond donors (Lipinski definition) is 1. The van der Waals surface area contributed by atoms with Gasteiger partial charge in [-0.1, -0.05) is 0 Å². The van der Waals surface area contributed by atoms with Gasteiger partial charge in [0.25, 0.3) is 0 Å². The van der Waals surface area contributed by atoms with Gasteiger partial charge < -0.3 is 5.73 Å². The number of thiazole rings is 1. The quantitative estimate of drug-likeness (QED) is 0.869. The molecule has 0 bridgehead atoms. The molecule has 1 aromatic heterocycles. The van der Waals surface area contributed by atoms with Crippen LogP contribution < -0.4 is 5.73 Å². The van der Waals surface area contributed by atoms with E-state index in [1.54, 1.807) is 11.3 Å². The van der Waals surface area contributed by atoms with Crippen LogP contribution in [0.2, 0.25) is 0 Å². The van der Waals surface area contributed by atoms with Gasteiger partial charge in [0.1, 0.15) is 0 Å². The predicted molar refractivity (Wildman–Crippen MR) is 69.2 cm³/mol. The van der Waals surface area contributed by atoms with E-state index in [2.05, 4.69) is 9.88 Å². The molecule has 0 unspecified atom stereocenters. The first-order valence-electron chi connectivity index (χ1n) is 6.04. The molecule has 0 saturated carbocycles. The van der Waals surface area contributed by atoms with E-state index in [0.717, 1.165) is 36.6 Å². The van der Waals surface area contributed by atoms with Crippen LogP contribution in [0.5, 0.6) is 0 Å². The van der Waals surface area contributed by atoms with Crippen molar-refractivity contribution in [1.29, 1.82) is 0 Å². The lowest BCUT2D eigenvalue weighted by Gasteiger charge is -2.29. The maximum absolute atomic E-state index is 11.9. The van der Waals surface area contributed by atoms with Crippen LogP contribution in [0.25, 0.3) is 0 Å². The smallest absolute Gasteiger partial charge is 0.152 e. The number of aryl methyl sites for hydroxylation is 1. The van der Waals surface area contributed by atoms with Gasteiger partial charge in [0.2, 0.25) is 0 Å². The van der Waals surface area contributed by atoms with Gasteiger partial charge in [-0.05, 0) is 19.8 Å². The topological polar surface area (TPSA) is 59.2 Å². The highest BCUT2D eigenvalue weighted by atomic mass is 32.1. The highest BCUT2D eigenvalue weighted by Crippen LogP contribution is 2.11. The summed E-state index contributed by atoms with van der Waals surface area (Å²) in [6, 6.07) is 0.322. The van der Waals surface area contributed by atoms with Crippen molar-refractivity contribution in [1.82, 2.24) is 9.88 Å². The molecule has 0 atom stereocenters. The molecule has 2 N–H and O–H groups in total. The van der Waals surface area contributed by atoms with Gasteiger partial charge >= 0.3 is 0 Å². The molecule has 94 valence electrons. The van der Waals surface area contributed by atoms with E-state index < -0.39 is 0 Å². The minimum Gasteiger partial charge on any atom is -0.328 e. The summed E-state index contributed by atoms with van der Waals surface area (Å²) in [5, 5.41) is 3.00. The average Bonchev–Trinajstić information content (AvgIpc) is 2.67. The lowest BCUT2D eigenvalue weighted by atomic mass is 10.1. The monoisotopic (exact) mass is 253 g/mol. The number of aromatic nitrogens is 1. The predicted octanol–water partition coefficient (Wildman–Crippen LogP) is 0.986. The van der Waals surface area contributed by atoms with Gasteiger partial charge in [-0.3, -0.25) is 9.69 Å². The van der Waals surface area contributed by atoms with Gasteiger partial charge in [-0.15, -0.1) is 11.3 Å². The maximum Gasteiger partial charge on any atom is 0.152 e. The summed E-state index contributed by atoms with van der Waals surface area (Å²) < 4.78 is 0. The van der Waals surface area contributed by atoms with E-state index in [-0.39, 0.29) is 5.78 Å². The molecule has 5 heteroatoms. The van der Waals surface area contributed by atoms with Crippen LogP contribution in [0.3, 0.4) is 0 Å². The highest BCUT2D eigenvalue weighted by Gasteiger charge is 2.18. The maximum atomic E-state index is 11.9. The Balaban J connectivity index is 1.77. The van der Waals surface area contributed by atoms with Gasteiger partial charge in [0.05, 0.1) is 23.7 Å². The molecule has 0 radical (unpaired) electrons. The summed E-state index contributed by atoms with van der Waals surface area (Å²) in [6.07, 6.45) is 2.47. The third kappa shape index (κ3) is 3.87. The molecule has 0 aromatic carbocycles. The number of nitrogens with zero attached hydrogens (tertiary/aromatic N) is 2. The molecule has 2 rings (SSSR count). The summed E-state index contributed by atoms with van der Waals surface area (Å²) in [5.41, 5.74) is 6.74. The summed E-state index contributed by atoms with van der Waals surface area (Å²) in [7, 11) is 0. The molecule has 1 saturated heterocycles. The van der Waals surface area contributed by atoms with Crippen molar-refractivity contribution in [3.8, 4) is 0 Å². The number of Topliss-reactive ketones (excluding diaryl/α,β-unsaturated/α-hetero) is 1. The zero-order chi connectivity index (χ0) is 12.3. The lowest BCUT2D eigenvalue weighted by molar-refractivity contribution is -0.119. The van der Waals surface area contributed by atoms with Gasteiger partial charge in [0, 0.05) is 24.5 Å². The minimum atomic E-state index is 0.255. The van der Waals surface area contributed by atoms with Crippen LogP contribution >= 0.6 is 11.3 Å². The molecule has 1 fully saturated rings. The highest BCUT2D eigenvalue weighted by molar-refractivity contribution is 7.09. The Morgan fingerprint density at radius 2 is 2.29 bits per heavy atom. The molecule has 1 aromatic rings. The standard InChI is InChI=1S/C12H19N3OS/c1-9-14-11(8-17-9)6-12(16)7-15-4-2-10(13)3-5-15/h8,10H,2-7,13H2,1H3. The Morgan fingerprint density at radius 1 is 1.59 bits per heavy atom. The molecular weight excluding hydrogens is 234 g/mol. The van der Waals surface area contributed by atoms with Gasteiger partial charge in [-0.2, -0.15) is 0 Å². The second-order valence-electron chi connectivity index (χ2n) is 4.69. The van der Waals surface area contributed by atoms with Crippen LogP contribution in [-0.4, -0.2) is 41.3 Å². The van der Waals surface area contributed by atoms with Crippen molar-refractivity contribution < 1.29 is 4.79 Å². The first kappa shape index (κ1) is 12.7. The number of carbonyl (C=O) groups is 1. The van der Waals surface area contributed by atoms with Gasteiger partial charge in [-0.25, -0.2) is 4.98 Å². The zero-order valence-electron chi connectivity index (χ0n) is 10.2. The fourth-order valence-corrected chi connectivity index (χ4v) is 2.72.